The van der Waals surface area contributed by atoms with Gasteiger partial charge >= 0.3 is 0 Å². The third-order valence-electron chi connectivity index (χ3n) is 3.82. The fourth-order valence-corrected chi connectivity index (χ4v) is 2.07. The van der Waals surface area contributed by atoms with Gasteiger partial charge < -0.3 is 14.2 Å². The van der Waals surface area contributed by atoms with E-state index in [0.29, 0.717) is 23.9 Å². The first kappa shape index (κ1) is 12.3. The highest BCUT2D eigenvalue weighted by Gasteiger charge is 2.47. The molecule has 0 aromatic heterocycles. The Morgan fingerprint density at radius 1 is 1.06 bits per heavy atom. The van der Waals surface area contributed by atoms with E-state index in [4.69, 9.17) is 14.2 Å². The van der Waals surface area contributed by atoms with Crippen LogP contribution in [0.2, 0.25) is 0 Å². The van der Waals surface area contributed by atoms with E-state index in [0.717, 1.165) is 6.42 Å². The summed E-state index contributed by atoms with van der Waals surface area (Å²) in [6.45, 7) is 11.0. The molecule has 94 valence electrons. The smallest absolute Gasteiger partial charge is 0.187 e. The molecule has 0 aromatic carbocycles. The zero-order valence-corrected chi connectivity index (χ0v) is 11.0. The molecule has 0 aromatic rings. The van der Waals surface area contributed by atoms with Crippen LogP contribution in [0.3, 0.4) is 0 Å². The summed E-state index contributed by atoms with van der Waals surface area (Å²) in [7, 11) is 0. The van der Waals surface area contributed by atoms with Crippen LogP contribution in [-0.2, 0) is 14.2 Å². The van der Waals surface area contributed by atoms with Gasteiger partial charge in [-0.05, 0) is 17.8 Å². The predicted molar refractivity (Wildman–Crippen MR) is 61.9 cm³/mol. The van der Waals surface area contributed by atoms with Gasteiger partial charge in [-0.15, -0.1) is 0 Å². The largest absolute Gasteiger partial charge is 0.349 e. The molecule has 2 fully saturated rings. The van der Waals surface area contributed by atoms with Crippen molar-refractivity contribution in [2.45, 2.75) is 65.8 Å². The third-order valence-corrected chi connectivity index (χ3v) is 3.82. The number of ether oxygens (including phenoxy) is 3. The zero-order chi connectivity index (χ0) is 11.9. The summed E-state index contributed by atoms with van der Waals surface area (Å²) in [5.41, 5.74) is 0. The Morgan fingerprint density at radius 2 is 1.69 bits per heavy atom. The summed E-state index contributed by atoms with van der Waals surface area (Å²) in [6.07, 6.45) is 1.64. The molecule has 3 heteroatoms. The lowest BCUT2D eigenvalue weighted by Gasteiger charge is -2.40. The topological polar surface area (TPSA) is 31.0 Å². The van der Waals surface area contributed by atoms with Crippen molar-refractivity contribution in [3.8, 4) is 0 Å². The van der Waals surface area contributed by atoms with E-state index >= 15 is 0 Å². The first-order valence-electron chi connectivity index (χ1n) is 6.45. The molecule has 0 aliphatic carbocycles. The van der Waals surface area contributed by atoms with Crippen molar-refractivity contribution in [2.24, 2.45) is 17.8 Å². The molecule has 0 spiro atoms. The number of hydrogen-bond donors (Lipinski definition) is 0. The van der Waals surface area contributed by atoms with Gasteiger partial charge in [0.15, 0.2) is 12.6 Å². The van der Waals surface area contributed by atoms with Gasteiger partial charge in [0.25, 0.3) is 0 Å². The predicted octanol–water partition coefficient (Wildman–Crippen LogP) is 2.79. The molecule has 0 N–H and O–H groups in total. The van der Waals surface area contributed by atoms with Crippen LogP contribution in [-0.4, -0.2) is 24.8 Å². The van der Waals surface area contributed by atoms with E-state index in [1.807, 2.05) is 0 Å². The summed E-state index contributed by atoms with van der Waals surface area (Å²) >= 11 is 0. The van der Waals surface area contributed by atoms with Crippen molar-refractivity contribution >= 4 is 0 Å². The van der Waals surface area contributed by atoms with Crippen LogP contribution in [0.4, 0.5) is 0 Å². The normalized spacial score (nSPS) is 39.9. The molecular weight excluding hydrogens is 204 g/mol. The van der Waals surface area contributed by atoms with Crippen molar-refractivity contribution in [1.82, 2.24) is 0 Å². The van der Waals surface area contributed by atoms with E-state index in [2.05, 4.69) is 34.6 Å². The molecule has 5 atom stereocenters. The Morgan fingerprint density at radius 3 is 2.12 bits per heavy atom. The molecule has 5 unspecified atom stereocenters. The second-order valence-corrected chi connectivity index (χ2v) is 5.79. The van der Waals surface area contributed by atoms with Gasteiger partial charge in [-0.25, -0.2) is 0 Å². The average molecular weight is 228 g/mol. The molecule has 0 amide bonds. The van der Waals surface area contributed by atoms with Gasteiger partial charge in [0.1, 0.15) is 6.10 Å². The van der Waals surface area contributed by atoms with Gasteiger partial charge in [-0.3, -0.25) is 0 Å². The van der Waals surface area contributed by atoms with Crippen LogP contribution in [0.15, 0.2) is 0 Å². The second kappa shape index (κ2) is 4.63. The summed E-state index contributed by atoms with van der Waals surface area (Å²) in [4.78, 5) is 0. The molecule has 2 aliphatic rings. The van der Waals surface area contributed by atoms with Crippen LogP contribution in [0.25, 0.3) is 0 Å². The Labute approximate surface area is 98.4 Å². The first-order valence-corrected chi connectivity index (χ1v) is 6.45. The van der Waals surface area contributed by atoms with Crippen molar-refractivity contribution in [3.63, 3.8) is 0 Å². The monoisotopic (exact) mass is 228 g/mol. The lowest BCUT2D eigenvalue weighted by molar-refractivity contribution is -0.285. The highest BCUT2D eigenvalue weighted by Crippen LogP contribution is 2.37. The Hall–Kier alpha value is -0.120. The summed E-state index contributed by atoms with van der Waals surface area (Å²) in [5, 5.41) is 0. The maximum Gasteiger partial charge on any atom is 0.187 e. The minimum Gasteiger partial charge on any atom is -0.349 e. The summed E-state index contributed by atoms with van der Waals surface area (Å²) in [6, 6.07) is 0. The molecular formula is C13H24O3. The van der Waals surface area contributed by atoms with E-state index in [-0.39, 0.29) is 18.7 Å². The fraction of sp³-hybridized carbons (Fsp3) is 1.00. The molecule has 2 aliphatic heterocycles. The third kappa shape index (κ3) is 2.58. The molecule has 0 saturated carbocycles. The van der Waals surface area contributed by atoms with Gasteiger partial charge in [0, 0.05) is 6.42 Å². The van der Waals surface area contributed by atoms with E-state index < -0.39 is 0 Å². The molecule has 16 heavy (non-hydrogen) atoms. The summed E-state index contributed by atoms with van der Waals surface area (Å²) in [5.74, 6) is 1.82. The zero-order valence-electron chi connectivity index (χ0n) is 11.0. The molecule has 0 radical (unpaired) electrons. The van der Waals surface area contributed by atoms with Crippen LogP contribution < -0.4 is 0 Å². The highest BCUT2D eigenvalue weighted by atomic mass is 16.8. The molecule has 0 bridgehead atoms. The number of rotatable bonds is 5. The minimum absolute atomic E-state index is 0.0136. The fourth-order valence-electron chi connectivity index (χ4n) is 2.07. The van der Waals surface area contributed by atoms with Gasteiger partial charge in [-0.1, -0.05) is 34.6 Å². The van der Waals surface area contributed by atoms with E-state index in [9.17, 15) is 0 Å². The maximum absolute atomic E-state index is 5.74. The SMILES string of the molecule is CC(C)C(C)C1CC(OC2OC2C(C)C)O1. The molecule has 3 nitrogen and oxygen atoms in total. The summed E-state index contributed by atoms with van der Waals surface area (Å²) < 4.78 is 16.9. The Kier molecular flexibility index (Phi) is 3.57. The van der Waals surface area contributed by atoms with E-state index in [1.165, 1.54) is 0 Å². The van der Waals surface area contributed by atoms with Gasteiger partial charge in [0.2, 0.25) is 0 Å². The minimum atomic E-state index is -0.0278. The van der Waals surface area contributed by atoms with Crippen LogP contribution in [0.1, 0.15) is 41.0 Å². The standard InChI is InChI=1S/C13H24O3/c1-7(2)9(5)10-6-11(14-10)15-13-12(16-13)8(3)4/h7-13H,6H2,1-5H3. The van der Waals surface area contributed by atoms with Crippen molar-refractivity contribution < 1.29 is 14.2 Å². The van der Waals surface area contributed by atoms with Crippen molar-refractivity contribution in [2.75, 3.05) is 0 Å². The number of epoxide rings is 1. The highest BCUT2D eigenvalue weighted by molar-refractivity contribution is 4.84. The Balaban J connectivity index is 1.63. The molecule has 2 rings (SSSR count). The maximum atomic E-state index is 5.74. The van der Waals surface area contributed by atoms with Crippen molar-refractivity contribution in [1.29, 1.82) is 0 Å². The quantitative estimate of drug-likeness (QED) is 0.678. The second-order valence-electron chi connectivity index (χ2n) is 5.79. The molecule has 2 heterocycles. The van der Waals surface area contributed by atoms with Gasteiger partial charge in [0.05, 0.1) is 6.10 Å². The van der Waals surface area contributed by atoms with E-state index in [1.54, 1.807) is 0 Å². The lowest BCUT2D eigenvalue weighted by atomic mass is 9.88. The lowest BCUT2D eigenvalue weighted by Crippen LogP contribution is -2.45. The van der Waals surface area contributed by atoms with Crippen LogP contribution in [0.5, 0.6) is 0 Å². The van der Waals surface area contributed by atoms with Crippen LogP contribution >= 0.6 is 0 Å². The Bertz CT molecular complexity index is 233. The average Bonchev–Trinajstić information content (AvgIpc) is 2.88. The molecule has 2 saturated heterocycles. The number of hydrogen-bond acceptors (Lipinski definition) is 3. The first-order chi connectivity index (χ1) is 7.49. The van der Waals surface area contributed by atoms with Gasteiger partial charge in [-0.2, -0.15) is 0 Å². The van der Waals surface area contributed by atoms with Crippen LogP contribution in [0, 0.1) is 17.8 Å². The van der Waals surface area contributed by atoms with Crippen molar-refractivity contribution in [3.05, 3.63) is 0 Å².